The van der Waals surface area contributed by atoms with Gasteiger partial charge in [-0.25, -0.2) is 14.3 Å². The Bertz CT molecular complexity index is 721. The number of aromatic nitrogens is 4. The minimum Gasteiger partial charge on any atom is -0.478 e. The molecule has 1 N–H and O–H groups in total. The average molecular weight is 240 g/mol. The molecule has 0 aliphatic carbocycles. The van der Waals surface area contributed by atoms with E-state index in [1.54, 1.807) is 30.6 Å². The molecular weight excluding hydrogens is 232 g/mol. The molecule has 0 aliphatic heterocycles. The van der Waals surface area contributed by atoms with Crippen LogP contribution in [-0.4, -0.2) is 30.7 Å². The van der Waals surface area contributed by atoms with Gasteiger partial charge in [-0.2, -0.15) is 0 Å². The fourth-order valence-corrected chi connectivity index (χ4v) is 1.63. The number of pyridine rings is 2. The van der Waals surface area contributed by atoms with Crippen molar-refractivity contribution in [3.63, 3.8) is 0 Å². The van der Waals surface area contributed by atoms with Gasteiger partial charge in [0.1, 0.15) is 0 Å². The second-order valence-corrected chi connectivity index (χ2v) is 3.70. The van der Waals surface area contributed by atoms with Gasteiger partial charge < -0.3 is 5.11 Å². The van der Waals surface area contributed by atoms with Gasteiger partial charge in [0.2, 0.25) is 0 Å². The smallest absolute Gasteiger partial charge is 0.337 e. The minimum absolute atomic E-state index is 0.175. The SMILES string of the molecule is O=C(O)c1ccc2nc(-c3ccncc3)nn2c1. The van der Waals surface area contributed by atoms with Crippen LogP contribution in [0, 0.1) is 0 Å². The van der Waals surface area contributed by atoms with Gasteiger partial charge in [0.25, 0.3) is 0 Å². The molecule has 0 aromatic carbocycles. The van der Waals surface area contributed by atoms with Crippen molar-refractivity contribution in [2.24, 2.45) is 0 Å². The van der Waals surface area contributed by atoms with Crippen LogP contribution in [0.2, 0.25) is 0 Å². The van der Waals surface area contributed by atoms with Crippen molar-refractivity contribution < 1.29 is 9.90 Å². The first-order valence-electron chi connectivity index (χ1n) is 5.24. The summed E-state index contributed by atoms with van der Waals surface area (Å²) in [6.45, 7) is 0. The van der Waals surface area contributed by atoms with Crippen LogP contribution in [-0.2, 0) is 0 Å². The number of hydrogen-bond acceptors (Lipinski definition) is 4. The first-order chi connectivity index (χ1) is 8.74. The summed E-state index contributed by atoms with van der Waals surface area (Å²) < 4.78 is 1.46. The van der Waals surface area contributed by atoms with Crippen LogP contribution in [0.5, 0.6) is 0 Å². The van der Waals surface area contributed by atoms with Gasteiger partial charge in [-0.3, -0.25) is 4.98 Å². The zero-order chi connectivity index (χ0) is 12.5. The Morgan fingerprint density at radius 3 is 2.67 bits per heavy atom. The molecule has 3 rings (SSSR count). The average Bonchev–Trinajstić information content (AvgIpc) is 2.82. The van der Waals surface area contributed by atoms with Crippen LogP contribution in [0.4, 0.5) is 0 Å². The molecule has 0 unspecified atom stereocenters. The molecule has 0 fully saturated rings. The Balaban J connectivity index is 2.14. The Morgan fingerprint density at radius 1 is 1.17 bits per heavy atom. The van der Waals surface area contributed by atoms with Gasteiger partial charge in [0, 0.05) is 24.2 Å². The Kier molecular flexibility index (Phi) is 2.26. The summed E-state index contributed by atoms with van der Waals surface area (Å²) in [5.74, 6) is -0.446. The topological polar surface area (TPSA) is 80.4 Å². The summed E-state index contributed by atoms with van der Waals surface area (Å²) in [5, 5.41) is 13.1. The summed E-state index contributed by atoms with van der Waals surface area (Å²) in [6, 6.07) is 6.73. The van der Waals surface area contributed by atoms with Crippen molar-refractivity contribution in [3.05, 3.63) is 48.4 Å². The van der Waals surface area contributed by atoms with E-state index in [9.17, 15) is 4.79 Å². The maximum Gasteiger partial charge on any atom is 0.337 e. The lowest BCUT2D eigenvalue weighted by Crippen LogP contribution is -1.99. The lowest BCUT2D eigenvalue weighted by atomic mass is 10.2. The van der Waals surface area contributed by atoms with Gasteiger partial charge in [0.15, 0.2) is 11.5 Å². The van der Waals surface area contributed by atoms with E-state index in [1.165, 1.54) is 16.8 Å². The zero-order valence-electron chi connectivity index (χ0n) is 9.19. The molecule has 0 saturated carbocycles. The van der Waals surface area contributed by atoms with Crippen LogP contribution in [0.25, 0.3) is 17.0 Å². The standard InChI is InChI=1S/C12H8N4O2/c17-12(18)9-1-2-10-14-11(15-16(10)7-9)8-3-5-13-6-4-8/h1-7H,(H,17,18). The van der Waals surface area contributed by atoms with E-state index >= 15 is 0 Å². The molecule has 3 aromatic rings. The third-order valence-electron chi connectivity index (χ3n) is 2.52. The van der Waals surface area contributed by atoms with E-state index in [1.807, 2.05) is 0 Å². The van der Waals surface area contributed by atoms with Crippen molar-refractivity contribution >= 4 is 11.6 Å². The van der Waals surface area contributed by atoms with Crippen LogP contribution in [0.3, 0.4) is 0 Å². The molecular formula is C12H8N4O2. The molecule has 0 amide bonds. The highest BCUT2D eigenvalue weighted by molar-refractivity contribution is 5.87. The van der Waals surface area contributed by atoms with Gasteiger partial charge in [-0.1, -0.05) is 0 Å². The van der Waals surface area contributed by atoms with E-state index in [0.717, 1.165) is 5.56 Å². The highest BCUT2D eigenvalue weighted by atomic mass is 16.4. The van der Waals surface area contributed by atoms with E-state index in [4.69, 9.17) is 5.11 Å². The Morgan fingerprint density at radius 2 is 1.94 bits per heavy atom. The first kappa shape index (κ1) is 10.4. The first-order valence-corrected chi connectivity index (χ1v) is 5.24. The lowest BCUT2D eigenvalue weighted by Gasteiger charge is -1.93. The maximum atomic E-state index is 10.9. The number of aromatic carboxylic acids is 1. The summed E-state index contributed by atoms with van der Waals surface area (Å²) in [5.41, 5.74) is 1.62. The molecule has 88 valence electrons. The van der Waals surface area contributed by atoms with Crippen molar-refractivity contribution in [3.8, 4) is 11.4 Å². The van der Waals surface area contributed by atoms with Gasteiger partial charge in [-0.05, 0) is 24.3 Å². The molecule has 0 bridgehead atoms. The van der Waals surface area contributed by atoms with Crippen molar-refractivity contribution in [1.82, 2.24) is 19.6 Å². The number of rotatable bonds is 2. The number of fused-ring (bicyclic) bond motifs is 1. The zero-order valence-corrected chi connectivity index (χ0v) is 9.19. The van der Waals surface area contributed by atoms with Crippen LogP contribution >= 0.6 is 0 Å². The molecule has 6 heteroatoms. The molecule has 0 atom stereocenters. The summed E-state index contributed by atoms with van der Waals surface area (Å²) in [7, 11) is 0. The molecule has 0 aliphatic rings. The second kappa shape index (κ2) is 3.92. The number of hydrogen-bond donors (Lipinski definition) is 1. The molecule has 3 heterocycles. The minimum atomic E-state index is -0.988. The quantitative estimate of drug-likeness (QED) is 0.734. The molecule has 0 radical (unpaired) electrons. The number of carbonyl (C=O) groups is 1. The van der Waals surface area contributed by atoms with Crippen LogP contribution in [0.1, 0.15) is 10.4 Å². The van der Waals surface area contributed by atoms with Crippen LogP contribution in [0.15, 0.2) is 42.9 Å². The van der Waals surface area contributed by atoms with E-state index in [2.05, 4.69) is 15.1 Å². The number of carboxylic acids is 1. The van der Waals surface area contributed by atoms with Crippen LogP contribution < -0.4 is 0 Å². The Hall–Kier alpha value is -2.76. The normalized spacial score (nSPS) is 10.7. The molecule has 18 heavy (non-hydrogen) atoms. The number of carboxylic acid groups (broad SMARTS) is 1. The lowest BCUT2D eigenvalue weighted by molar-refractivity contribution is 0.0696. The van der Waals surface area contributed by atoms with Gasteiger partial charge in [-0.15, -0.1) is 5.10 Å². The second-order valence-electron chi connectivity index (χ2n) is 3.70. The Labute approximate surface area is 102 Å². The molecule has 3 aromatic heterocycles. The summed E-state index contributed by atoms with van der Waals surface area (Å²) in [4.78, 5) is 19.1. The monoisotopic (exact) mass is 240 g/mol. The van der Waals surface area contributed by atoms with E-state index in [0.29, 0.717) is 11.5 Å². The summed E-state index contributed by atoms with van der Waals surface area (Å²) in [6.07, 6.45) is 4.75. The third-order valence-corrected chi connectivity index (χ3v) is 2.52. The van der Waals surface area contributed by atoms with Gasteiger partial charge >= 0.3 is 5.97 Å². The van der Waals surface area contributed by atoms with Gasteiger partial charge in [0.05, 0.1) is 5.56 Å². The van der Waals surface area contributed by atoms with Crippen molar-refractivity contribution in [2.75, 3.05) is 0 Å². The molecule has 0 spiro atoms. The van der Waals surface area contributed by atoms with E-state index < -0.39 is 5.97 Å². The highest BCUT2D eigenvalue weighted by Crippen LogP contribution is 2.15. The predicted octanol–water partition coefficient (Wildman–Crippen LogP) is 1.49. The van der Waals surface area contributed by atoms with Crippen molar-refractivity contribution in [1.29, 1.82) is 0 Å². The highest BCUT2D eigenvalue weighted by Gasteiger charge is 2.08. The van der Waals surface area contributed by atoms with Crippen molar-refractivity contribution in [2.45, 2.75) is 0 Å². The van der Waals surface area contributed by atoms with E-state index in [-0.39, 0.29) is 5.56 Å². The molecule has 6 nitrogen and oxygen atoms in total. The third kappa shape index (κ3) is 1.69. The fraction of sp³-hybridized carbons (Fsp3) is 0. The molecule has 0 saturated heterocycles. The predicted molar refractivity (Wildman–Crippen MR) is 63.2 cm³/mol. The largest absolute Gasteiger partial charge is 0.478 e. The summed E-state index contributed by atoms with van der Waals surface area (Å²) >= 11 is 0. The fourth-order valence-electron chi connectivity index (χ4n) is 1.63. The number of nitrogens with zero attached hydrogens (tertiary/aromatic N) is 4. The maximum absolute atomic E-state index is 10.9.